The molecule has 0 aliphatic heterocycles. The second-order valence-corrected chi connectivity index (χ2v) is 6.07. The lowest BCUT2D eigenvalue weighted by Gasteiger charge is -2.17. The molecule has 3 rings (SSSR count). The highest BCUT2D eigenvalue weighted by atomic mass is 79.9. The Morgan fingerprint density at radius 2 is 2.20 bits per heavy atom. The molecule has 0 bridgehead atoms. The van der Waals surface area contributed by atoms with Crippen LogP contribution in [0, 0.1) is 6.92 Å². The summed E-state index contributed by atoms with van der Waals surface area (Å²) >= 11 is 3.51. The molecule has 0 saturated heterocycles. The molecule has 2 N–H and O–H groups in total. The van der Waals surface area contributed by atoms with Gasteiger partial charge in [0.2, 0.25) is 5.91 Å². The first kappa shape index (κ1) is 13.3. The molecular weight excluding hydrogens is 316 g/mol. The largest absolute Gasteiger partial charge is 0.366 e. The maximum absolute atomic E-state index is 11.7. The van der Waals surface area contributed by atoms with E-state index < -0.39 is 0 Å². The van der Waals surface area contributed by atoms with Gasteiger partial charge in [-0.1, -0.05) is 22.0 Å². The Bertz CT molecular complexity index is 697. The number of rotatable bonds is 2. The molecule has 1 heterocycles. The van der Waals surface area contributed by atoms with Gasteiger partial charge >= 0.3 is 0 Å². The van der Waals surface area contributed by atoms with Gasteiger partial charge < -0.3 is 5.73 Å². The van der Waals surface area contributed by atoms with Crippen molar-refractivity contribution in [3.05, 3.63) is 62.9 Å². The van der Waals surface area contributed by atoms with Gasteiger partial charge in [-0.25, -0.2) is 0 Å². The van der Waals surface area contributed by atoms with Crippen molar-refractivity contribution in [2.75, 3.05) is 0 Å². The Hall–Kier alpha value is -1.68. The normalized spacial score (nSPS) is 17.0. The smallest absolute Gasteiger partial charge is 0.249 e. The zero-order chi connectivity index (χ0) is 14.3. The summed E-state index contributed by atoms with van der Waals surface area (Å²) in [4.78, 5) is 16.0. The molecule has 0 spiro atoms. The Kier molecular flexibility index (Phi) is 3.34. The molecule has 1 amide bonds. The molecule has 1 aromatic carbocycles. The standard InChI is InChI=1S/C16H15BrN2O/c1-9-15(14(16(18)20)6-7-19-9)13-4-2-10-8-11(17)3-5-12(10)13/h3,5-8,13H,2,4H2,1H3,(H2,18,20). The molecule has 0 fully saturated rings. The highest BCUT2D eigenvalue weighted by Gasteiger charge is 2.28. The zero-order valence-corrected chi connectivity index (χ0v) is 12.8. The second-order valence-electron chi connectivity index (χ2n) is 5.16. The summed E-state index contributed by atoms with van der Waals surface area (Å²) in [5.41, 5.74) is 10.6. The number of hydrogen-bond donors (Lipinski definition) is 1. The van der Waals surface area contributed by atoms with Crippen molar-refractivity contribution in [2.24, 2.45) is 5.73 Å². The zero-order valence-electron chi connectivity index (χ0n) is 11.2. The third-order valence-electron chi connectivity index (χ3n) is 3.99. The molecule has 0 radical (unpaired) electrons. The van der Waals surface area contributed by atoms with Crippen LogP contribution in [0.4, 0.5) is 0 Å². The maximum atomic E-state index is 11.7. The van der Waals surface area contributed by atoms with Gasteiger partial charge in [0.1, 0.15) is 0 Å². The molecule has 1 aliphatic rings. The number of aryl methyl sites for hydroxylation is 2. The average Bonchev–Trinajstić information content (AvgIpc) is 2.81. The van der Waals surface area contributed by atoms with E-state index in [0.717, 1.165) is 28.6 Å². The number of fused-ring (bicyclic) bond motifs is 1. The second kappa shape index (κ2) is 5.02. The maximum Gasteiger partial charge on any atom is 0.249 e. The molecular formula is C16H15BrN2O. The fourth-order valence-electron chi connectivity index (χ4n) is 3.12. The quantitative estimate of drug-likeness (QED) is 0.918. The van der Waals surface area contributed by atoms with Crippen molar-refractivity contribution < 1.29 is 4.79 Å². The molecule has 3 nitrogen and oxygen atoms in total. The Balaban J connectivity index is 2.15. The Morgan fingerprint density at radius 3 is 2.95 bits per heavy atom. The number of halogens is 1. The molecule has 1 unspecified atom stereocenters. The van der Waals surface area contributed by atoms with Gasteiger partial charge in [0.15, 0.2) is 0 Å². The van der Waals surface area contributed by atoms with E-state index in [1.807, 2.05) is 13.0 Å². The molecule has 4 heteroatoms. The summed E-state index contributed by atoms with van der Waals surface area (Å²) in [6, 6.07) is 8.06. The summed E-state index contributed by atoms with van der Waals surface area (Å²) in [6.07, 6.45) is 3.67. The summed E-state index contributed by atoms with van der Waals surface area (Å²) < 4.78 is 1.09. The van der Waals surface area contributed by atoms with Crippen LogP contribution in [-0.4, -0.2) is 10.9 Å². The van der Waals surface area contributed by atoms with Gasteiger partial charge in [-0.3, -0.25) is 9.78 Å². The first-order valence-corrected chi connectivity index (χ1v) is 7.41. The van der Waals surface area contributed by atoms with Crippen LogP contribution in [0.2, 0.25) is 0 Å². The summed E-state index contributed by atoms with van der Waals surface area (Å²) in [6.45, 7) is 1.94. The van der Waals surface area contributed by atoms with Crippen LogP contribution in [0.15, 0.2) is 34.9 Å². The van der Waals surface area contributed by atoms with E-state index >= 15 is 0 Å². The van der Waals surface area contributed by atoms with Crippen molar-refractivity contribution in [3.8, 4) is 0 Å². The highest BCUT2D eigenvalue weighted by Crippen LogP contribution is 2.41. The SMILES string of the molecule is Cc1nccc(C(N)=O)c1C1CCc2cc(Br)ccc21. The molecule has 0 saturated carbocycles. The van der Waals surface area contributed by atoms with Gasteiger partial charge in [-0.2, -0.15) is 0 Å². The molecule has 1 aliphatic carbocycles. The monoisotopic (exact) mass is 330 g/mol. The number of pyridine rings is 1. The molecule has 2 aromatic rings. The lowest BCUT2D eigenvalue weighted by Crippen LogP contribution is -2.17. The predicted octanol–water partition coefficient (Wildman–Crippen LogP) is 3.33. The molecule has 1 aromatic heterocycles. The fraction of sp³-hybridized carbons (Fsp3) is 0.250. The minimum Gasteiger partial charge on any atom is -0.366 e. The van der Waals surface area contributed by atoms with Crippen molar-refractivity contribution in [1.82, 2.24) is 4.98 Å². The van der Waals surface area contributed by atoms with Crippen LogP contribution in [-0.2, 0) is 6.42 Å². The van der Waals surface area contributed by atoms with Crippen LogP contribution >= 0.6 is 15.9 Å². The lowest BCUT2D eigenvalue weighted by molar-refractivity contribution is 0.0999. The molecule has 20 heavy (non-hydrogen) atoms. The summed E-state index contributed by atoms with van der Waals surface area (Å²) in [5, 5.41) is 0. The van der Waals surface area contributed by atoms with Gasteiger partial charge in [0.05, 0.1) is 0 Å². The number of amides is 1. The minimum atomic E-state index is -0.379. The summed E-state index contributed by atoms with van der Waals surface area (Å²) in [7, 11) is 0. The van der Waals surface area contributed by atoms with E-state index in [1.54, 1.807) is 12.3 Å². The van der Waals surface area contributed by atoms with E-state index in [0.29, 0.717) is 5.56 Å². The predicted molar refractivity (Wildman–Crippen MR) is 81.8 cm³/mol. The number of aromatic nitrogens is 1. The number of hydrogen-bond acceptors (Lipinski definition) is 2. The number of nitrogens with zero attached hydrogens (tertiary/aromatic N) is 1. The Labute approximate surface area is 126 Å². The first-order valence-electron chi connectivity index (χ1n) is 6.61. The van der Waals surface area contributed by atoms with Crippen LogP contribution in [0.5, 0.6) is 0 Å². The van der Waals surface area contributed by atoms with E-state index in [4.69, 9.17) is 5.73 Å². The van der Waals surface area contributed by atoms with Gasteiger partial charge in [-0.05, 0) is 54.7 Å². The van der Waals surface area contributed by atoms with Crippen LogP contribution in [0.1, 0.15) is 45.1 Å². The van der Waals surface area contributed by atoms with Crippen molar-refractivity contribution >= 4 is 21.8 Å². The fourth-order valence-corrected chi connectivity index (χ4v) is 3.53. The average molecular weight is 331 g/mol. The van der Waals surface area contributed by atoms with Gasteiger partial charge in [0, 0.05) is 27.8 Å². The van der Waals surface area contributed by atoms with E-state index in [-0.39, 0.29) is 11.8 Å². The topological polar surface area (TPSA) is 56.0 Å². The third kappa shape index (κ3) is 2.14. The first-order chi connectivity index (χ1) is 9.58. The van der Waals surface area contributed by atoms with Crippen LogP contribution in [0.3, 0.4) is 0 Å². The van der Waals surface area contributed by atoms with E-state index in [9.17, 15) is 4.79 Å². The van der Waals surface area contributed by atoms with Crippen LogP contribution in [0.25, 0.3) is 0 Å². The third-order valence-corrected chi connectivity index (χ3v) is 4.48. The van der Waals surface area contributed by atoms with Crippen LogP contribution < -0.4 is 5.73 Å². The van der Waals surface area contributed by atoms with Crippen molar-refractivity contribution in [3.63, 3.8) is 0 Å². The lowest BCUT2D eigenvalue weighted by atomic mass is 9.88. The number of nitrogens with two attached hydrogens (primary N) is 1. The highest BCUT2D eigenvalue weighted by molar-refractivity contribution is 9.10. The number of primary amides is 1. The van der Waals surface area contributed by atoms with E-state index in [2.05, 4.69) is 33.0 Å². The summed E-state index contributed by atoms with van der Waals surface area (Å²) in [5.74, 6) is -0.162. The van der Waals surface area contributed by atoms with Crippen molar-refractivity contribution in [2.45, 2.75) is 25.7 Å². The molecule has 1 atom stereocenters. The van der Waals surface area contributed by atoms with Crippen molar-refractivity contribution in [1.29, 1.82) is 0 Å². The number of carbonyl (C=O) groups is 1. The number of carbonyl (C=O) groups excluding carboxylic acids is 1. The van der Waals surface area contributed by atoms with E-state index in [1.165, 1.54) is 11.1 Å². The van der Waals surface area contributed by atoms with Gasteiger partial charge in [0.25, 0.3) is 0 Å². The van der Waals surface area contributed by atoms with Gasteiger partial charge in [-0.15, -0.1) is 0 Å². The Morgan fingerprint density at radius 1 is 1.40 bits per heavy atom. The minimum absolute atomic E-state index is 0.217. The molecule has 102 valence electrons. The number of benzene rings is 1.